The van der Waals surface area contributed by atoms with E-state index in [1.807, 2.05) is 36.1 Å². The molecule has 1 spiro atoms. The fourth-order valence-corrected chi connectivity index (χ4v) is 5.26. The number of nitrogens with one attached hydrogen (secondary N) is 3. The molecule has 0 unspecified atom stereocenters. The molecule has 156 valence electrons. The third kappa shape index (κ3) is 3.27. The van der Waals surface area contributed by atoms with Gasteiger partial charge in [-0.3, -0.25) is 9.59 Å². The van der Waals surface area contributed by atoms with Gasteiger partial charge in [-0.05, 0) is 55.8 Å². The summed E-state index contributed by atoms with van der Waals surface area (Å²) < 4.78 is 6.99. The van der Waals surface area contributed by atoms with Gasteiger partial charge in [0.15, 0.2) is 10.9 Å². The summed E-state index contributed by atoms with van der Waals surface area (Å²) in [5, 5.41) is 7.14. The van der Waals surface area contributed by atoms with E-state index >= 15 is 0 Å². The van der Waals surface area contributed by atoms with Crippen molar-refractivity contribution in [3.05, 3.63) is 43.3 Å². The minimum absolute atomic E-state index is 0.130. The summed E-state index contributed by atoms with van der Waals surface area (Å²) in [5.74, 6) is 0.900. The van der Waals surface area contributed by atoms with Gasteiger partial charge in [0, 0.05) is 18.7 Å². The van der Waals surface area contributed by atoms with Crippen molar-refractivity contribution in [2.24, 2.45) is 0 Å². The fourth-order valence-electron chi connectivity index (χ4n) is 3.93. The van der Waals surface area contributed by atoms with Gasteiger partial charge in [-0.1, -0.05) is 6.07 Å². The number of anilines is 1. The van der Waals surface area contributed by atoms with Crippen LogP contribution in [0.2, 0.25) is 0 Å². The molecule has 1 saturated carbocycles. The summed E-state index contributed by atoms with van der Waals surface area (Å²) >= 11 is 6.83. The first-order valence-electron chi connectivity index (χ1n) is 10.1. The van der Waals surface area contributed by atoms with Crippen LogP contribution < -0.4 is 35.0 Å². The Bertz CT molecular complexity index is 1230. The lowest BCUT2D eigenvalue weighted by Gasteiger charge is -2.31. The van der Waals surface area contributed by atoms with Gasteiger partial charge < -0.3 is 25.3 Å². The molecular formula is C21H22N4O3S2. The smallest absolute Gasteiger partial charge is 0.266 e. The number of carbonyl (C=O) groups excluding carboxylic acids is 1. The van der Waals surface area contributed by atoms with E-state index in [0.29, 0.717) is 39.6 Å². The Balaban J connectivity index is 1.53. The van der Waals surface area contributed by atoms with Crippen LogP contribution in [0.4, 0.5) is 5.69 Å². The molecule has 30 heavy (non-hydrogen) atoms. The highest BCUT2D eigenvalue weighted by molar-refractivity contribution is 7.80. The number of H-pyrrole nitrogens is 1. The highest BCUT2D eigenvalue weighted by atomic mass is 32.1. The van der Waals surface area contributed by atoms with Crippen molar-refractivity contribution in [1.82, 2.24) is 15.6 Å². The molecular weight excluding hydrogens is 420 g/mol. The number of rotatable bonds is 2. The van der Waals surface area contributed by atoms with Crippen molar-refractivity contribution in [2.45, 2.75) is 25.3 Å². The van der Waals surface area contributed by atoms with E-state index in [1.54, 1.807) is 0 Å². The first-order chi connectivity index (χ1) is 14.5. The normalized spacial score (nSPS) is 21.6. The summed E-state index contributed by atoms with van der Waals surface area (Å²) in [4.78, 5) is 30.1. The molecule has 2 aliphatic heterocycles. The second-order valence-corrected chi connectivity index (χ2v) is 9.14. The number of ether oxygens (including phenoxy) is 1. The van der Waals surface area contributed by atoms with Crippen molar-refractivity contribution in [3.63, 3.8) is 0 Å². The Morgan fingerprint density at radius 2 is 2.23 bits per heavy atom. The molecule has 2 fully saturated rings. The number of fused-ring (bicyclic) bond motifs is 1. The molecule has 1 aliphatic carbocycles. The van der Waals surface area contributed by atoms with E-state index in [-0.39, 0.29) is 16.9 Å². The zero-order valence-electron chi connectivity index (χ0n) is 16.5. The number of thiocarbonyl (C=S) groups is 1. The van der Waals surface area contributed by atoms with Crippen LogP contribution in [0.3, 0.4) is 0 Å². The van der Waals surface area contributed by atoms with Crippen LogP contribution in [-0.2, 0) is 4.79 Å². The SMILES string of the molecule is CCNC(=S)N1CCOc2ccc(/C=c3\s/c(=C4\CNC5(CC5)C4=O)[nH]c3=O)cc21. The predicted octanol–water partition coefficient (Wildman–Crippen LogP) is 0.214. The van der Waals surface area contributed by atoms with Crippen molar-refractivity contribution in [2.75, 3.05) is 31.1 Å². The van der Waals surface area contributed by atoms with Gasteiger partial charge in [0.25, 0.3) is 5.56 Å². The Labute approximate surface area is 182 Å². The average Bonchev–Trinajstić information content (AvgIpc) is 3.35. The van der Waals surface area contributed by atoms with Crippen molar-refractivity contribution in [1.29, 1.82) is 0 Å². The van der Waals surface area contributed by atoms with Crippen LogP contribution >= 0.6 is 23.6 Å². The zero-order valence-corrected chi connectivity index (χ0v) is 18.2. The number of hydrogen-bond donors (Lipinski definition) is 3. The maximum absolute atomic E-state index is 12.6. The number of aromatic amines is 1. The van der Waals surface area contributed by atoms with Crippen LogP contribution in [0.15, 0.2) is 23.0 Å². The number of aromatic nitrogens is 1. The number of nitrogens with zero attached hydrogens (tertiary/aromatic N) is 1. The molecule has 3 N–H and O–H groups in total. The van der Waals surface area contributed by atoms with Crippen LogP contribution in [-0.4, -0.2) is 47.7 Å². The lowest BCUT2D eigenvalue weighted by molar-refractivity contribution is -0.115. The molecule has 0 atom stereocenters. The Kier molecular flexibility index (Phi) is 4.76. The largest absolute Gasteiger partial charge is 0.490 e. The van der Waals surface area contributed by atoms with E-state index in [2.05, 4.69) is 15.6 Å². The number of hydrogen-bond acceptors (Lipinski definition) is 6. The number of carbonyl (C=O) groups is 1. The molecule has 9 heteroatoms. The van der Waals surface area contributed by atoms with E-state index in [1.165, 1.54) is 11.3 Å². The second-order valence-electron chi connectivity index (χ2n) is 7.70. The van der Waals surface area contributed by atoms with Gasteiger partial charge >= 0.3 is 0 Å². The molecule has 1 aromatic carbocycles. The zero-order chi connectivity index (χ0) is 20.9. The highest BCUT2D eigenvalue weighted by Gasteiger charge is 2.54. The van der Waals surface area contributed by atoms with Gasteiger partial charge in [-0.15, -0.1) is 11.3 Å². The van der Waals surface area contributed by atoms with Gasteiger partial charge in [0.2, 0.25) is 0 Å². The maximum atomic E-state index is 12.6. The van der Waals surface area contributed by atoms with Crippen molar-refractivity contribution >= 4 is 51.8 Å². The summed E-state index contributed by atoms with van der Waals surface area (Å²) in [7, 11) is 0. The number of Topliss-reactive ketones (excluding diaryl/α,β-unsaturated/α-hetero) is 1. The summed E-state index contributed by atoms with van der Waals surface area (Å²) in [5.41, 5.74) is 1.92. The van der Waals surface area contributed by atoms with Crippen LogP contribution in [0.1, 0.15) is 25.3 Å². The Hall–Kier alpha value is -2.49. The van der Waals surface area contributed by atoms with Gasteiger partial charge in [0.05, 0.1) is 22.3 Å². The van der Waals surface area contributed by atoms with E-state index in [4.69, 9.17) is 17.0 Å². The molecule has 0 bridgehead atoms. The van der Waals surface area contributed by atoms with E-state index < -0.39 is 0 Å². The van der Waals surface area contributed by atoms with Crippen LogP contribution in [0.25, 0.3) is 11.6 Å². The predicted molar refractivity (Wildman–Crippen MR) is 122 cm³/mol. The molecule has 7 nitrogen and oxygen atoms in total. The first kappa shape index (κ1) is 19.5. The monoisotopic (exact) mass is 442 g/mol. The van der Waals surface area contributed by atoms with Crippen LogP contribution in [0.5, 0.6) is 5.75 Å². The van der Waals surface area contributed by atoms with Crippen LogP contribution in [0, 0.1) is 0 Å². The topological polar surface area (TPSA) is 86.5 Å². The maximum Gasteiger partial charge on any atom is 0.266 e. The quantitative estimate of drug-likeness (QED) is 0.574. The lowest BCUT2D eigenvalue weighted by atomic mass is 10.1. The van der Waals surface area contributed by atoms with Crippen molar-refractivity contribution in [3.8, 4) is 5.75 Å². The summed E-state index contributed by atoms with van der Waals surface area (Å²) in [6.07, 6.45) is 3.61. The summed E-state index contributed by atoms with van der Waals surface area (Å²) in [6, 6.07) is 5.80. The Morgan fingerprint density at radius 3 is 2.97 bits per heavy atom. The molecule has 3 aliphatic rings. The fraction of sp³-hybridized carbons (Fsp3) is 0.381. The molecule has 1 aromatic heterocycles. The molecule has 0 amide bonds. The van der Waals surface area contributed by atoms with Gasteiger partial charge in [-0.25, -0.2) is 0 Å². The average molecular weight is 443 g/mol. The van der Waals surface area contributed by atoms with Gasteiger partial charge in [-0.2, -0.15) is 0 Å². The van der Waals surface area contributed by atoms with E-state index in [0.717, 1.165) is 36.4 Å². The van der Waals surface area contributed by atoms with E-state index in [9.17, 15) is 9.59 Å². The second kappa shape index (κ2) is 7.33. The first-order valence-corrected chi connectivity index (χ1v) is 11.3. The molecule has 3 heterocycles. The minimum atomic E-state index is -0.354. The lowest BCUT2D eigenvalue weighted by Crippen LogP contribution is -2.44. The summed E-state index contributed by atoms with van der Waals surface area (Å²) in [6.45, 7) is 4.51. The number of benzene rings is 1. The molecule has 0 radical (unpaired) electrons. The van der Waals surface area contributed by atoms with Crippen molar-refractivity contribution < 1.29 is 9.53 Å². The highest BCUT2D eigenvalue weighted by Crippen LogP contribution is 2.41. The standard InChI is InChI=1S/C21H22N4O3S2/c1-2-22-20(29)25-7-8-28-15-4-3-12(9-14(15)25)10-16-18(27)24-19(30-16)13-11-23-21(5-6-21)17(13)26/h3-4,9-10,23H,2,5-8,11H2,1H3,(H,22,29)(H,24,27)/b16-10-,19-13+. The van der Waals surface area contributed by atoms with Gasteiger partial charge in [0.1, 0.15) is 17.0 Å². The molecule has 1 saturated heterocycles. The number of thiazole rings is 1. The third-order valence-electron chi connectivity index (χ3n) is 5.72. The Morgan fingerprint density at radius 1 is 1.40 bits per heavy atom. The molecule has 5 rings (SSSR count). The number of ketones is 1. The third-order valence-corrected chi connectivity index (χ3v) is 7.16. The molecule has 2 aromatic rings. The minimum Gasteiger partial charge on any atom is -0.490 e.